The molecule has 6 heteroatoms. The van der Waals surface area contributed by atoms with Crippen LogP contribution in [-0.4, -0.2) is 67.2 Å². The molecular formula is C12H24N4O2. The fraction of sp³-hybridized carbons (Fsp3) is 0.917. The van der Waals surface area contributed by atoms with Gasteiger partial charge in [-0.3, -0.25) is 15.1 Å². The second-order valence-corrected chi connectivity index (χ2v) is 5.44. The first-order valence-corrected chi connectivity index (χ1v) is 6.68. The van der Waals surface area contributed by atoms with Crippen molar-refractivity contribution in [2.75, 3.05) is 33.2 Å². The van der Waals surface area contributed by atoms with E-state index in [9.17, 15) is 4.79 Å². The summed E-state index contributed by atoms with van der Waals surface area (Å²) in [6.45, 7) is 6.44. The predicted octanol–water partition coefficient (Wildman–Crippen LogP) is -0.840. The number of likely N-dealkylation sites (N-methyl/N-ethyl adjacent to an activating group) is 1. The molecule has 0 aromatic heterocycles. The molecular weight excluding hydrogens is 232 g/mol. The number of ether oxygens (including phenoxy) is 1. The number of hydrogen-bond acceptors (Lipinski definition) is 5. The summed E-state index contributed by atoms with van der Waals surface area (Å²) in [6.07, 6.45) is 1.52. The fourth-order valence-corrected chi connectivity index (χ4v) is 2.84. The molecule has 18 heavy (non-hydrogen) atoms. The number of carbonyl (C=O) groups excluding carboxylic acids is 1. The summed E-state index contributed by atoms with van der Waals surface area (Å²) >= 11 is 0. The number of nitrogens with two attached hydrogens (primary N) is 1. The molecule has 3 unspecified atom stereocenters. The first kappa shape index (κ1) is 13.7. The summed E-state index contributed by atoms with van der Waals surface area (Å²) in [7, 11) is 2.15. The molecule has 2 saturated heterocycles. The molecule has 2 aliphatic rings. The largest absolute Gasteiger partial charge is 0.364 e. The first-order chi connectivity index (χ1) is 8.60. The topological polar surface area (TPSA) is 70.8 Å². The highest BCUT2D eigenvalue weighted by Crippen LogP contribution is 2.22. The summed E-state index contributed by atoms with van der Waals surface area (Å²) in [6, 6.07) is 0.551. The molecule has 0 spiro atoms. The number of amides is 1. The van der Waals surface area contributed by atoms with Crippen molar-refractivity contribution in [1.29, 1.82) is 0 Å². The van der Waals surface area contributed by atoms with Crippen LogP contribution in [0.25, 0.3) is 0 Å². The summed E-state index contributed by atoms with van der Waals surface area (Å²) < 4.78 is 5.74. The Morgan fingerprint density at radius 3 is 2.89 bits per heavy atom. The Kier molecular flexibility index (Phi) is 4.55. The van der Waals surface area contributed by atoms with E-state index >= 15 is 0 Å². The van der Waals surface area contributed by atoms with Gasteiger partial charge in [0.25, 0.3) is 5.91 Å². The monoisotopic (exact) mass is 256 g/mol. The highest BCUT2D eigenvalue weighted by atomic mass is 16.5. The van der Waals surface area contributed by atoms with Gasteiger partial charge in [-0.15, -0.1) is 0 Å². The molecule has 1 amide bonds. The van der Waals surface area contributed by atoms with E-state index in [0.29, 0.717) is 6.04 Å². The summed E-state index contributed by atoms with van der Waals surface area (Å²) in [5.74, 6) is 4.92. The Bertz CT molecular complexity index is 300. The van der Waals surface area contributed by atoms with Gasteiger partial charge >= 0.3 is 0 Å². The van der Waals surface area contributed by atoms with Crippen LogP contribution in [0, 0.1) is 0 Å². The SMILES string of the molecule is CC1CN(C)CCN1CC1CCC(C(=O)NN)O1. The average molecular weight is 256 g/mol. The Labute approximate surface area is 108 Å². The van der Waals surface area contributed by atoms with E-state index in [4.69, 9.17) is 10.6 Å². The van der Waals surface area contributed by atoms with E-state index in [-0.39, 0.29) is 18.1 Å². The van der Waals surface area contributed by atoms with E-state index in [2.05, 4.69) is 29.2 Å². The van der Waals surface area contributed by atoms with Gasteiger partial charge in [-0.25, -0.2) is 5.84 Å². The lowest BCUT2D eigenvalue weighted by Crippen LogP contribution is -2.52. The minimum atomic E-state index is -0.359. The van der Waals surface area contributed by atoms with Crippen LogP contribution in [0.5, 0.6) is 0 Å². The Morgan fingerprint density at radius 2 is 2.22 bits per heavy atom. The van der Waals surface area contributed by atoms with Gasteiger partial charge in [-0.1, -0.05) is 0 Å². The molecule has 2 heterocycles. The van der Waals surface area contributed by atoms with Crippen LogP contribution in [-0.2, 0) is 9.53 Å². The molecule has 3 atom stereocenters. The zero-order valence-electron chi connectivity index (χ0n) is 11.3. The Balaban J connectivity index is 1.79. The number of hydrogen-bond donors (Lipinski definition) is 2. The van der Waals surface area contributed by atoms with Gasteiger partial charge in [0, 0.05) is 32.2 Å². The number of rotatable bonds is 3. The van der Waals surface area contributed by atoms with Gasteiger partial charge in [0.1, 0.15) is 6.10 Å². The van der Waals surface area contributed by atoms with Gasteiger partial charge in [0.05, 0.1) is 6.10 Å². The summed E-state index contributed by atoms with van der Waals surface area (Å²) in [5.41, 5.74) is 2.16. The highest BCUT2D eigenvalue weighted by Gasteiger charge is 2.33. The molecule has 0 radical (unpaired) electrons. The van der Waals surface area contributed by atoms with Gasteiger partial charge in [-0.05, 0) is 26.8 Å². The molecule has 0 aromatic carbocycles. The average Bonchev–Trinajstić information content (AvgIpc) is 2.80. The molecule has 2 fully saturated rings. The van der Waals surface area contributed by atoms with Crippen molar-refractivity contribution in [3.63, 3.8) is 0 Å². The number of hydrazine groups is 1. The smallest absolute Gasteiger partial charge is 0.263 e. The molecule has 2 rings (SSSR count). The maximum atomic E-state index is 11.4. The van der Waals surface area contributed by atoms with Crippen LogP contribution in [0.1, 0.15) is 19.8 Å². The van der Waals surface area contributed by atoms with E-state index in [1.165, 1.54) is 0 Å². The quantitative estimate of drug-likeness (QED) is 0.391. The maximum Gasteiger partial charge on any atom is 0.263 e. The van der Waals surface area contributed by atoms with Crippen LogP contribution in [0.2, 0.25) is 0 Å². The normalized spacial score (nSPS) is 34.7. The number of carbonyl (C=O) groups is 1. The third-order valence-corrected chi connectivity index (χ3v) is 3.95. The minimum Gasteiger partial charge on any atom is -0.364 e. The third kappa shape index (κ3) is 3.20. The summed E-state index contributed by atoms with van der Waals surface area (Å²) in [5, 5.41) is 0. The second kappa shape index (κ2) is 5.97. The molecule has 6 nitrogen and oxygen atoms in total. The number of nitrogens with one attached hydrogen (secondary N) is 1. The lowest BCUT2D eigenvalue weighted by molar-refractivity contribution is -0.132. The zero-order valence-corrected chi connectivity index (χ0v) is 11.3. The van der Waals surface area contributed by atoms with Crippen LogP contribution < -0.4 is 11.3 Å². The molecule has 3 N–H and O–H groups in total. The second-order valence-electron chi connectivity index (χ2n) is 5.44. The van der Waals surface area contributed by atoms with Crippen molar-refractivity contribution in [2.24, 2.45) is 5.84 Å². The molecule has 0 aliphatic carbocycles. The van der Waals surface area contributed by atoms with Crippen molar-refractivity contribution in [2.45, 2.75) is 38.0 Å². The lowest BCUT2D eigenvalue weighted by Gasteiger charge is -2.39. The van der Waals surface area contributed by atoms with Crippen molar-refractivity contribution >= 4 is 5.91 Å². The van der Waals surface area contributed by atoms with Crippen LogP contribution >= 0.6 is 0 Å². The molecule has 104 valence electrons. The standard InChI is InChI=1S/C12H24N4O2/c1-9-7-15(2)5-6-16(9)8-10-3-4-11(18-10)12(17)14-13/h9-11H,3-8,13H2,1-2H3,(H,14,17). The van der Waals surface area contributed by atoms with Crippen molar-refractivity contribution in [3.8, 4) is 0 Å². The van der Waals surface area contributed by atoms with Gasteiger partial charge in [-0.2, -0.15) is 0 Å². The molecule has 2 aliphatic heterocycles. The Hall–Kier alpha value is -0.690. The van der Waals surface area contributed by atoms with Gasteiger partial charge < -0.3 is 9.64 Å². The van der Waals surface area contributed by atoms with Crippen molar-refractivity contribution in [3.05, 3.63) is 0 Å². The van der Waals surface area contributed by atoms with Crippen LogP contribution in [0.15, 0.2) is 0 Å². The third-order valence-electron chi connectivity index (χ3n) is 3.95. The maximum absolute atomic E-state index is 11.4. The van der Waals surface area contributed by atoms with Crippen molar-refractivity contribution < 1.29 is 9.53 Å². The number of nitrogens with zero attached hydrogens (tertiary/aromatic N) is 2. The zero-order chi connectivity index (χ0) is 13.1. The minimum absolute atomic E-state index is 0.165. The van der Waals surface area contributed by atoms with E-state index in [1.54, 1.807) is 0 Å². The fourth-order valence-electron chi connectivity index (χ4n) is 2.84. The molecule has 0 saturated carbocycles. The number of piperazine rings is 1. The highest BCUT2D eigenvalue weighted by molar-refractivity contribution is 5.80. The van der Waals surface area contributed by atoms with Gasteiger partial charge in [0.15, 0.2) is 0 Å². The van der Waals surface area contributed by atoms with E-state index in [0.717, 1.165) is 39.0 Å². The predicted molar refractivity (Wildman–Crippen MR) is 68.8 cm³/mol. The van der Waals surface area contributed by atoms with E-state index in [1.807, 2.05) is 0 Å². The molecule has 0 aromatic rings. The Morgan fingerprint density at radius 1 is 1.44 bits per heavy atom. The van der Waals surface area contributed by atoms with Crippen molar-refractivity contribution in [1.82, 2.24) is 15.2 Å². The van der Waals surface area contributed by atoms with Crippen LogP contribution in [0.4, 0.5) is 0 Å². The molecule has 0 bridgehead atoms. The lowest BCUT2D eigenvalue weighted by atomic mass is 10.1. The van der Waals surface area contributed by atoms with Crippen LogP contribution in [0.3, 0.4) is 0 Å². The first-order valence-electron chi connectivity index (χ1n) is 6.68. The van der Waals surface area contributed by atoms with E-state index < -0.39 is 0 Å². The van der Waals surface area contributed by atoms with Gasteiger partial charge in [0.2, 0.25) is 0 Å². The summed E-state index contributed by atoms with van der Waals surface area (Å²) in [4.78, 5) is 16.2.